The fraction of sp³-hybridized carbons (Fsp3) is 0.0909. The van der Waals surface area contributed by atoms with Crippen molar-refractivity contribution in [3.05, 3.63) is 77.0 Å². The van der Waals surface area contributed by atoms with Crippen LogP contribution in [0, 0.1) is 36.5 Å². The summed E-state index contributed by atoms with van der Waals surface area (Å²) in [5.41, 5.74) is 5.04. The third-order valence-electron chi connectivity index (χ3n) is 4.18. The molecule has 7 heteroatoms. The number of anilines is 4. The minimum Gasteiger partial charge on any atom is -0.340 e. The second-order valence-corrected chi connectivity index (χ2v) is 6.72. The lowest BCUT2D eigenvalue weighted by Crippen LogP contribution is -2.02. The first-order chi connectivity index (χ1) is 14.0. The molecule has 29 heavy (non-hydrogen) atoms. The van der Waals surface area contributed by atoms with E-state index in [1.54, 1.807) is 36.5 Å². The summed E-state index contributed by atoms with van der Waals surface area (Å²) in [5.74, 6) is 1.07. The lowest BCUT2D eigenvalue weighted by atomic mass is 10.0. The molecule has 0 saturated carbocycles. The van der Waals surface area contributed by atoms with Crippen LogP contribution in [0.2, 0.25) is 0 Å². The number of benzene rings is 2. The first-order valence-electron chi connectivity index (χ1n) is 8.74. The van der Waals surface area contributed by atoms with Gasteiger partial charge in [0.25, 0.3) is 0 Å². The molecule has 0 spiro atoms. The van der Waals surface area contributed by atoms with Gasteiger partial charge in [-0.05, 0) is 73.0 Å². The van der Waals surface area contributed by atoms with Crippen molar-refractivity contribution in [2.75, 3.05) is 10.6 Å². The van der Waals surface area contributed by atoms with Gasteiger partial charge in [0.15, 0.2) is 0 Å². The van der Waals surface area contributed by atoms with E-state index in [-0.39, 0.29) is 0 Å². The maximum Gasteiger partial charge on any atom is 0.229 e. The van der Waals surface area contributed by atoms with E-state index in [0.29, 0.717) is 22.4 Å². The summed E-state index contributed by atoms with van der Waals surface area (Å²) in [6.07, 6.45) is 2.97. The molecule has 1 heterocycles. The summed E-state index contributed by atoms with van der Waals surface area (Å²) in [7, 11) is 0. The zero-order chi connectivity index (χ0) is 20.8. The van der Waals surface area contributed by atoms with Crippen LogP contribution in [-0.2, 0) is 0 Å². The predicted octanol–water partition coefficient (Wildman–Crippen LogP) is 5.56. The van der Waals surface area contributed by atoms with Crippen LogP contribution in [-0.4, -0.2) is 9.97 Å². The van der Waals surface area contributed by atoms with Crippen LogP contribution < -0.4 is 10.6 Å². The smallest absolute Gasteiger partial charge is 0.229 e. The Bertz CT molecular complexity index is 1130. The van der Waals surface area contributed by atoms with Crippen molar-refractivity contribution in [3.8, 4) is 12.1 Å². The summed E-state index contributed by atoms with van der Waals surface area (Å²) in [4.78, 5) is 8.74. The van der Waals surface area contributed by atoms with E-state index >= 15 is 0 Å². The Hall–Kier alpha value is -3.87. The summed E-state index contributed by atoms with van der Waals surface area (Å²) < 4.78 is 0. The molecule has 0 bridgehead atoms. The minimum absolute atomic E-state index is 0.404. The van der Waals surface area contributed by atoms with Gasteiger partial charge in [-0.15, -0.1) is 0 Å². The van der Waals surface area contributed by atoms with Gasteiger partial charge in [0.1, 0.15) is 5.82 Å². The number of rotatable bonds is 5. The Balaban J connectivity index is 1.82. The standard InChI is InChI=1S/C22H17ClN6/c1-14-11-17(19(23)7-9-24)12-15(2)21(14)28-20-8-10-26-22(29-20)27-18-5-3-16(13-25)4-6-18/h3-8,10-12H,1-2H3,(H2,26,27,28,29). The number of aryl methyl sites for hydroxylation is 2. The number of nitrogens with zero attached hydrogens (tertiary/aromatic N) is 4. The third kappa shape index (κ3) is 4.90. The van der Waals surface area contributed by atoms with Crippen LogP contribution >= 0.6 is 11.6 Å². The molecular formula is C22H17ClN6. The Morgan fingerprint density at radius 2 is 1.72 bits per heavy atom. The molecule has 6 nitrogen and oxygen atoms in total. The molecule has 0 fully saturated rings. The van der Waals surface area contributed by atoms with Crippen LogP contribution in [0.5, 0.6) is 0 Å². The summed E-state index contributed by atoms with van der Waals surface area (Å²) in [6.45, 7) is 3.93. The van der Waals surface area contributed by atoms with Gasteiger partial charge in [0.2, 0.25) is 5.95 Å². The first kappa shape index (κ1) is 19.9. The van der Waals surface area contributed by atoms with E-state index in [1.165, 1.54) is 6.08 Å². The third-order valence-corrected chi connectivity index (χ3v) is 4.51. The van der Waals surface area contributed by atoms with E-state index in [4.69, 9.17) is 22.1 Å². The van der Waals surface area contributed by atoms with Crippen molar-refractivity contribution in [2.24, 2.45) is 0 Å². The lowest BCUT2D eigenvalue weighted by molar-refractivity contribution is 1.16. The van der Waals surface area contributed by atoms with Crippen LogP contribution in [0.4, 0.5) is 23.1 Å². The fourth-order valence-electron chi connectivity index (χ4n) is 2.81. The molecule has 1 aromatic heterocycles. The largest absolute Gasteiger partial charge is 0.340 e. The van der Waals surface area contributed by atoms with E-state index in [0.717, 1.165) is 28.1 Å². The van der Waals surface area contributed by atoms with E-state index < -0.39 is 0 Å². The Labute approximate surface area is 174 Å². The Morgan fingerprint density at radius 3 is 2.34 bits per heavy atom. The monoisotopic (exact) mass is 400 g/mol. The molecule has 3 rings (SSSR count). The van der Waals surface area contributed by atoms with Crippen molar-refractivity contribution >= 4 is 39.8 Å². The lowest BCUT2D eigenvalue weighted by Gasteiger charge is -2.15. The number of nitrogens with one attached hydrogen (secondary N) is 2. The second-order valence-electron chi connectivity index (χ2n) is 6.31. The predicted molar refractivity (Wildman–Crippen MR) is 115 cm³/mol. The molecule has 0 aliphatic heterocycles. The van der Waals surface area contributed by atoms with Crippen molar-refractivity contribution in [1.82, 2.24) is 9.97 Å². The van der Waals surface area contributed by atoms with Gasteiger partial charge in [0.05, 0.1) is 22.7 Å². The highest BCUT2D eigenvalue weighted by Gasteiger charge is 2.09. The summed E-state index contributed by atoms with van der Waals surface area (Å²) >= 11 is 6.15. The molecule has 3 aromatic rings. The van der Waals surface area contributed by atoms with Crippen molar-refractivity contribution in [3.63, 3.8) is 0 Å². The normalized spacial score (nSPS) is 10.7. The topological polar surface area (TPSA) is 97.4 Å². The highest BCUT2D eigenvalue weighted by molar-refractivity contribution is 6.49. The zero-order valence-electron chi connectivity index (χ0n) is 15.9. The quantitative estimate of drug-likeness (QED) is 0.544. The highest BCUT2D eigenvalue weighted by atomic mass is 35.5. The maximum absolute atomic E-state index is 8.89. The molecular weight excluding hydrogens is 384 g/mol. The molecule has 2 N–H and O–H groups in total. The Kier molecular flexibility index (Phi) is 6.09. The van der Waals surface area contributed by atoms with Gasteiger partial charge in [-0.2, -0.15) is 15.5 Å². The van der Waals surface area contributed by atoms with Gasteiger partial charge in [-0.3, -0.25) is 0 Å². The highest BCUT2D eigenvalue weighted by Crippen LogP contribution is 2.29. The SMILES string of the molecule is Cc1cc(C(Cl)=CC#N)cc(C)c1Nc1ccnc(Nc2ccc(C#N)cc2)n1. The molecule has 0 amide bonds. The van der Waals surface area contributed by atoms with Crippen LogP contribution in [0.25, 0.3) is 5.03 Å². The van der Waals surface area contributed by atoms with Gasteiger partial charge in [0, 0.05) is 23.6 Å². The maximum atomic E-state index is 8.89. The summed E-state index contributed by atoms with van der Waals surface area (Å²) in [6, 6.07) is 16.7. The van der Waals surface area contributed by atoms with Gasteiger partial charge in [-0.1, -0.05) is 11.6 Å². The van der Waals surface area contributed by atoms with Gasteiger partial charge in [-0.25, -0.2) is 4.98 Å². The summed E-state index contributed by atoms with van der Waals surface area (Å²) in [5, 5.41) is 24.5. The molecule has 0 aliphatic carbocycles. The van der Waals surface area contributed by atoms with Crippen molar-refractivity contribution in [2.45, 2.75) is 13.8 Å². The Morgan fingerprint density at radius 1 is 1.03 bits per heavy atom. The average Bonchev–Trinajstić information content (AvgIpc) is 2.71. The second kappa shape index (κ2) is 8.88. The van der Waals surface area contributed by atoms with Crippen LogP contribution in [0.3, 0.4) is 0 Å². The molecule has 2 aromatic carbocycles. The number of hydrogen-bond donors (Lipinski definition) is 2. The number of halogens is 1. The molecule has 0 saturated heterocycles. The van der Waals surface area contributed by atoms with Gasteiger partial charge < -0.3 is 10.6 Å². The van der Waals surface area contributed by atoms with Crippen molar-refractivity contribution in [1.29, 1.82) is 10.5 Å². The number of aromatic nitrogens is 2. The molecule has 142 valence electrons. The fourth-order valence-corrected chi connectivity index (χ4v) is 2.97. The van der Waals surface area contributed by atoms with E-state index in [2.05, 4.69) is 26.7 Å². The average molecular weight is 401 g/mol. The first-order valence-corrected chi connectivity index (χ1v) is 9.12. The van der Waals surface area contributed by atoms with E-state index in [9.17, 15) is 0 Å². The number of allylic oxidation sites excluding steroid dienone is 1. The van der Waals surface area contributed by atoms with Crippen LogP contribution in [0.15, 0.2) is 54.7 Å². The number of nitriles is 2. The van der Waals surface area contributed by atoms with E-state index in [1.807, 2.05) is 32.0 Å². The number of hydrogen-bond acceptors (Lipinski definition) is 6. The van der Waals surface area contributed by atoms with Gasteiger partial charge >= 0.3 is 0 Å². The molecule has 0 radical (unpaired) electrons. The minimum atomic E-state index is 0.404. The zero-order valence-corrected chi connectivity index (χ0v) is 16.6. The molecule has 0 unspecified atom stereocenters. The van der Waals surface area contributed by atoms with Crippen LogP contribution in [0.1, 0.15) is 22.3 Å². The molecule has 0 aliphatic rings. The molecule has 0 atom stereocenters. The van der Waals surface area contributed by atoms with Crippen molar-refractivity contribution < 1.29 is 0 Å².